The number of aliphatic hydroxyl groups excluding tert-OH is 1. The molecule has 1 rings (SSSR count). The fourth-order valence-electron chi connectivity index (χ4n) is 2.31. The van der Waals surface area contributed by atoms with E-state index < -0.39 is 5.60 Å². The van der Waals surface area contributed by atoms with Crippen molar-refractivity contribution in [2.75, 3.05) is 0 Å². The zero-order chi connectivity index (χ0) is 11.5. The summed E-state index contributed by atoms with van der Waals surface area (Å²) in [5, 5.41) is 20.1. The molecule has 2 unspecified atom stereocenters. The summed E-state index contributed by atoms with van der Waals surface area (Å²) in [4.78, 5) is 0. The van der Waals surface area contributed by atoms with E-state index in [0.29, 0.717) is 12.3 Å². The molecule has 1 aliphatic carbocycles. The van der Waals surface area contributed by atoms with Crippen molar-refractivity contribution in [1.29, 1.82) is 0 Å². The standard InChI is InChI=1S/C13H26O2/c1-10(2)13(3,15)9-8-12(14)11-6-4-5-7-11/h10-12,14-15H,4-9H2,1-3H3. The summed E-state index contributed by atoms with van der Waals surface area (Å²) in [5.74, 6) is 0.751. The van der Waals surface area contributed by atoms with Crippen LogP contribution in [0.3, 0.4) is 0 Å². The summed E-state index contributed by atoms with van der Waals surface area (Å²) >= 11 is 0. The van der Waals surface area contributed by atoms with Gasteiger partial charge in [-0.25, -0.2) is 0 Å². The van der Waals surface area contributed by atoms with Crippen molar-refractivity contribution in [3.8, 4) is 0 Å². The minimum absolute atomic E-state index is 0.197. The molecule has 2 atom stereocenters. The molecule has 0 aromatic heterocycles. The molecule has 0 heterocycles. The molecule has 2 N–H and O–H groups in total. The van der Waals surface area contributed by atoms with Crippen LogP contribution in [0.1, 0.15) is 59.3 Å². The first-order chi connectivity index (χ1) is 6.93. The maximum Gasteiger partial charge on any atom is 0.0643 e. The van der Waals surface area contributed by atoms with Crippen molar-refractivity contribution >= 4 is 0 Å². The Labute approximate surface area is 93.7 Å². The lowest BCUT2D eigenvalue weighted by molar-refractivity contribution is -0.0139. The lowest BCUT2D eigenvalue weighted by Gasteiger charge is -2.29. The average molecular weight is 214 g/mol. The molecule has 15 heavy (non-hydrogen) atoms. The van der Waals surface area contributed by atoms with Gasteiger partial charge in [0, 0.05) is 0 Å². The van der Waals surface area contributed by atoms with Crippen LogP contribution < -0.4 is 0 Å². The van der Waals surface area contributed by atoms with Gasteiger partial charge in [0.1, 0.15) is 0 Å². The topological polar surface area (TPSA) is 40.5 Å². The summed E-state index contributed by atoms with van der Waals surface area (Å²) in [6.07, 6.45) is 6.14. The van der Waals surface area contributed by atoms with Crippen LogP contribution in [-0.2, 0) is 0 Å². The molecule has 1 fully saturated rings. The highest BCUT2D eigenvalue weighted by atomic mass is 16.3. The zero-order valence-corrected chi connectivity index (χ0v) is 10.4. The first-order valence-corrected chi connectivity index (χ1v) is 6.34. The highest BCUT2D eigenvalue weighted by Gasteiger charge is 2.28. The van der Waals surface area contributed by atoms with Crippen molar-refractivity contribution in [2.45, 2.75) is 71.0 Å². The van der Waals surface area contributed by atoms with Gasteiger partial charge in [0.25, 0.3) is 0 Å². The van der Waals surface area contributed by atoms with E-state index in [1.807, 2.05) is 20.8 Å². The molecule has 2 heteroatoms. The van der Waals surface area contributed by atoms with Gasteiger partial charge in [-0.15, -0.1) is 0 Å². The van der Waals surface area contributed by atoms with Crippen molar-refractivity contribution in [3.05, 3.63) is 0 Å². The van der Waals surface area contributed by atoms with Gasteiger partial charge in [-0.3, -0.25) is 0 Å². The van der Waals surface area contributed by atoms with Crippen LogP contribution in [0.5, 0.6) is 0 Å². The third-order valence-corrected chi connectivity index (χ3v) is 4.13. The van der Waals surface area contributed by atoms with E-state index >= 15 is 0 Å². The molecule has 0 radical (unpaired) electrons. The van der Waals surface area contributed by atoms with Crippen LogP contribution in [0.4, 0.5) is 0 Å². The van der Waals surface area contributed by atoms with Gasteiger partial charge in [-0.1, -0.05) is 26.7 Å². The fourth-order valence-corrected chi connectivity index (χ4v) is 2.31. The molecule has 0 saturated heterocycles. The van der Waals surface area contributed by atoms with E-state index in [-0.39, 0.29) is 12.0 Å². The van der Waals surface area contributed by atoms with Crippen molar-refractivity contribution in [1.82, 2.24) is 0 Å². The highest BCUT2D eigenvalue weighted by molar-refractivity contribution is 4.81. The molecule has 1 aliphatic rings. The molecule has 0 bridgehead atoms. The van der Waals surface area contributed by atoms with Gasteiger partial charge < -0.3 is 10.2 Å². The second kappa shape index (κ2) is 5.31. The molecule has 0 aromatic rings. The molecule has 0 amide bonds. The number of aliphatic hydroxyl groups is 2. The summed E-state index contributed by atoms with van der Waals surface area (Å²) in [7, 11) is 0. The lowest BCUT2D eigenvalue weighted by Crippen LogP contribution is -2.33. The Balaban J connectivity index is 2.29. The van der Waals surface area contributed by atoms with Crippen LogP contribution >= 0.6 is 0 Å². The molecule has 2 nitrogen and oxygen atoms in total. The fraction of sp³-hybridized carbons (Fsp3) is 1.00. The molecular formula is C13H26O2. The third-order valence-electron chi connectivity index (χ3n) is 4.13. The maximum atomic E-state index is 10.1. The third kappa shape index (κ3) is 3.76. The Morgan fingerprint density at radius 1 is 1.27 bits per heavy atom. The summed E-state index contributed by atoms with van der Waals surface area (Å²) in [5.41, 5.74) is -0.625. The smallest absolute Gasteiger partial charge is 0.0643 e. The van der Waals surface area contributed by atoms with Gasteiger partial charge in [-0.05, 0) is 44.4 Å². The Morgan fingerprint density at radius 3 is 2.27 bits per heavy atom. The van der Waals surface area contributed by atoms with Gasteiger partial charge in [0.15, 0.2) is 0 Å². The van der Waals surface area contributed by atoms with Crippen molar-refractivity contribution in [3.63, 3.8) is 0 Å². The van der Waals surface area contributed by atoms with Crippen LogP contribution in [0, 0.1) is 11.8 Å². The molecular weight excluding hydrogens is 188 g/mol. The van der Waals surface area contributed by atoms with E-state index in [9.17, 15) is 10.2 Å². The first-order valence-electron chi connectivity index (χ1n) is 6.34. The van der Waals surface area contributed by atoms with Gasteiger partial charge >= 0.3 is 0 Å². The van der Waals surface area contributed by atoms with Crippen LogP contribution in [0.2, 0.25) is 0 Å². The summed E-state index contributed by atoms with van der Waals surface area (Å²) in [6, 6.07) is 0. The van der Waals surface area contributed by atoms with Crippen LogP contribution in [0.25, 0.3) is 0 Å². The van der Waals surface area contributed by atoms with E-state index in [1.165, 1.54) is 25.7 Å². The quantitative estimate of drug-likeness (QED) is 0.738. The van der Waals surface area contributed by atoms with Gasteiger partial charge in [0.05, 0.1) is 11.7 Å². The van der Waals surface area contributed by atoms with E-state index in [1.54, 1.807) is 0 Å². The van der Waals surface area contributed by atoms with Crippen LogP contribution in [-0.4, -0.2) is 21.9 Å². The molecule has 0 aliphatic heterocycles. The molecule has 0 aromatic carbocycles. The van der Waals surface area contributed by atoms with Crippen LogP contribution in [0.15, 0.2) is 0 Å². The minimum atomic E-state index is -0.625. The predicted molar refractivity (Wildman–Crippen MR) is 62.7 cm³/mol. The van der Waals surface area contributed by atoms with Crippen molar-refractivity contribution < 1.29 is 10.2 Å². The maximum absolute atomic E-state index is 10.1. The first kappa shape index (κ1) is 13.0. The highest BCUT2D eigenvalue weighted by Crippen LogP contribution is 2.31. The number of hydrogen-bond donors (Lipinski definition) is 2. The van der Waals surface area contributed by atoms with E-state index in [0.717, 1.165) is 6.42 Å². The largest absolute Gasteiger partial charge is 0.393 e. The molecule has 1 saturated carbocycles. The van der Waals surface area contributed by atoms with Gasteiger partial charge in [0.2, 0.25) is 0 Å². The van der Waals surface area contributed by atoms with Crippen molar-refractivity contribution in [2.24, 2.45) is 11.8 Å². The Bertz CT molecular complexity index is 181. The van der Waals surface area contributed by atoms with E-state index in [2.05, 4.69) is 0 Å². The second-order valence-corrected chi connectivity index (χ2v) is 5.66. The Hall–Kier alpha value is -0.0800. The predicted octanol–water partition coefficient (Wildman–Crippen LogP) is 2.72. The number of rotatable bonds is 5. The summed E-state index contributed by atoms with van der Waals surface area (Å²) in [6.45, 7) is 5.93. The average Bonchev–Trinajstić information content (AvgIpc) is 2.66. The SMILES string of the molecule is CC(C)C(C)(O)CCC(O)C1CCCC1. The van der Waals surface area contributed by atoms with E-state index in [4.69, 9.17) is 0 Å². The second-order valence-electron chi connectivity index (χ2n) is 5.66. The lowest BCUT2D eigenvalue weighted by atomic mass is 9.85. The normalized spacial score (nSPS) is 24.4. The molecule has 90 valence electrons. The summed E-state index contributed by atoms with van der Waals surface area (Å²) < 4.78 is 0. The zero-order valence-electron chi connectivity index (χ0n) is 10.4. The monoisotopic (exact) mass is 214 g/mol. The Kier molecular flexibility index (Phi) is 4.60. The number of hydrogen-bond acceptors (Lipinski definition) is 2. The molecule has 0 spiro atoms. The van der Waals surface area contributed by atoms with Gasteiger partial charge in [-0.2, -0.15) is 0 Å². The Morgan fingerprint density at radius 2 is 1.80 bits per heavy atom. The minimum Gasteiger partial charge on any atom is -0.393 e.